The monoisotopic (exact) mass is 793 g/mol. The first kappa shape index (κ1) is 40.7. The Kier molecular flexibility index (Phi) is 12.4. The molecular weight excluding hydrogens is 734 g/mol. The molecule has 5 aliphatic rings. The zero-order valence-corrected chi connectivity index (χ0v) is 34.0. The Morgan fingerprint density at radius 2 is 1.68 bits per heavy atom. The van der Waals surface area contributed by atoms with E-state index in [1.807, 2.05) is 18.2 Å². The quantitative estimate of drug-likeness (QED) is 0.272. The second-order valence-corrected chi connectivity index (χ2v) is 19.1. The van der Waals surface area contributed by atoms with Crippen molar-refractivity contribution in [2.45, 2.75) is 85.0 Å². The van der Waals surface area contributed by atoms with Crippen molar-refractivity contribution in [3.05, 3.63) is 72.6 Å². The van der Waals surface area contributed by atoms with Gasteiger partial charge >= 0.3 is 6.09 Å². The van der Waals surface area contributed by atoms with Crippen molar-refractivity contribution in [1.82, 2.24) is 20.0 Å². The van der Waals surface area contributed by atoms with Crippen LogP contribution in [0.1, 0.15) is 63.4 Å². The van der Waals surface area contributed by atoms with Crippen molar-refractivity contribution >= 4 is 27.5 Å². The van der Waals surface area contributed by atoms with Crippen LogP contribution in [0.15, 0.2) is 66.1 Å². The van der Waals surface area contributed by atoms with Gasteiger partial charge in [-0.3, -0.25) is 4.79 Å². The molecule has 0 radical (unpaired) electrons. The molecule has 0 unspecified atom stereocenters. The number of piperidine rings is 1. The van der Waals surface area contributed by atoms with Gasteiger partial charge in [0.05, 0.1) is 30.3 Å². The molecule has 306 valence electrons. The number of alkyl carbamates (subject to hydrolysis) is 1. The molecule has 0 spiro atoms. The van der Waals surface area contributed by atoms with Gasteiger partial charge in [-0.1, -0.05) is 31.6 Å². The van der Waals surface area contributed by atoms with E-state index < -0.39 is 21.2 Å². The second kappa shape index (κ2) is 17.1. The number of halogens is 1. The number of anilines is 1. The summed E-state index contributed by atoms with van der Waals surface area (Å²) in [6.07, 6.45) is 8.90. The molecule has 11 nitrogen and oxygen atoms in total. The highest BCUT2D eigenvalue weighted by Gasteiger charge is 2.54. The summed E-state index contributed by atoms with van der Waals surface area (Å²) in [5.41, 5.74) is 1.34. The van der Waals surface area contributed by atoms with Crippen LogP contribution in [0.4, 0.5) is 14.9 Å². The minimum absolute atomic E-state index is 0.0351. The number of ether oxygens (including phenoxy) is 2. The highest BCUT2D eigenvalue weighted by molar-refractivity contribution is 7.92. The SMILES string of the molecule is C=CC(=O)N1CCCC[C@@H](S(=O)(=O)c2ccc(N3CC(CN4CCC([C@@](CN5CCC5)(c5cccc(F)c5)[C@H]5CCC[C@@H]5NC(=O)OC)CC4)(OC)C3)cc2)C1. The maximum atomic E-state index is 15.1. The van der Waals surface area contributed by atoms with Gasteiger partial charge in [-0.25, -0.2) is 17.6 Å². The first-order chi connectivity index (χ1) is 27.0. The predicted molar refractivity (Wildman–Crippen MR) is 215 cm³/mol. The van der Waals surface area contributed by atoms with Crippen LogP contribution in [0, 0.1) is 17.7 Å². The number of amides is 2. The fourth-order valence-electron chi connectivity index (χ4n) is 10.6. The molecule has 2 amide bonds. The van der Waals surface area contributed by atoms with Crippen molar-refractivity contribution in [3.8, 4) is 0 Å². The summed E-state index contributed by atoms with van der Waals surface area (Å²) in [4.78, 5) is 34.0. The van der Waals surface area contributed by atoms with Gasteiger partial charge < -0.3 is 34.4 Å². The molecule has 4 aliphatic heterocycles. The normalized spacial score (nSPS) is 26.0. The summed E-state index contributed by atoms with van der Waals surface area (Å²) < 4.78 is 53.7. The van der Waals surface area contributed by atoms with Crippen LogP contribution in [0.5, 0.6) is 0 Å². The standard InChI is InChI=1S/C43H60FN5O6S/c1-4-40(50)48-23-6-5-12-37(27-48)56(52,53)36-17-15-35(16-18-36)49-29-42(30-49,55-3)28-47-24-19-32(20-25-47)43(31-46-21-9-22-46,33-10-7-11-34(44)26-33)38-13-8-14-39(38)45-41(51)54-2/h4,7,10-11,15-18,26,32,37-39H,1,5-6,8-9,12-14,19-25,27-31H2,2-3H3,(H,45,51)/t37-,38+,39+,43+/m1/s1. The first-order valence-electron chi connectivity index (χ1n) is 20.6. The molecule has 7 rings (SSSR count). The third-order valence-corrected chi connectivity index (χ3v) is 16.0. The van der Waals surface area contributed by atoms with Crippen molar-refractivity contribution in [2.75, 3.05) is 84.6 Å². The number of hydrogen-bond acceptors (Lipinski definition) is 9. The number of carbonyl (C=O) groups is 2. The fraction of sp³-hybridized carbons (Fsp3) is 0.628. The van der Waals surface area contributed by atoms with Gasteiger partial charge in [-0.05, 0) is 131 Å². The van der Waals surface area contributed by atoms with Gasteiger partial charge in [0.1, 0.15) is 11.4 Å². The van der Waals surface area contributed by atoms with E-state index >= 15 is 4.39 Å². The number of likely N-dealkylation sites (tertiary alicyclic amines) is 3. The molecule has 1 aliphatic carbocycles. The molecule has 2 aromatic carbocycles. The van der Waals surface area contributed by atoms with Crippen LogP contribution in [0.25, 0.3) is 0 Å². The summed E-state index contributed by atoms with van der Waals surface area (Å²) >= 11 is 0. The Balaban J connectivity index is 1.02. The molecule has 1 N–H and O–H groups in total. The third-order valence-electron chi connectivity index (χ3n) is 13.8. The highest BCUT2D eigenvalue weighted by atomic mass is 32.2. The van der Waals surface area contributed by atoms with Crippen LogP contribution in [-0.4, -0.2) is 132 Å². The lowest BCUT2D eigenvalue weighted by Crippen LogP contribution is -2.68. The average molecular weight is 794 g/mol. The van der Waals surface area contributed by atoms with Gasteiger partial charge in [0, 0.05) is 50.4 Å². The summed E-state index contributed by atoms with van der Waals surface area (Å²) in [7, 11) is -0.424. The highest BCUT2D eigenvalue weighted by Crippen LogP contribution is 2.51. The van der Waals surface area contributed by atoms with Gasteiger partial charge in [-0.2, -0.15) is 0 Å². The average Bonchev–Trinajstić information content (AvgIpc) is 3.48. The number of benzene rings is 2. The number of sulfone groups is 1. The number of carbonyl (C=O) groups excluding carboxylic acids is 2. The Hall–Kier alpha value is -3.52. The summed E-state index contributed by atoms with van der Waals surface area (Å²) in [5, 5.41) is 2.54. The molecule has 4 atom stereocenters. The second-order valence-electron chi connectivity index (χ2n) is 16.9. The lowest BCUT2D eigenvalue weighted by Gasteiger charge is -2.55. The molecule has 2 aromatic rings. The lowest BCUT2D eigenvalue weighted by molar-refractivity contribution is -0.125. The van der Waals surface area contributed by atoms with Crippen LogP contribution >= 0.6 is 0 Å². The molecule has 13 heteroatoms. The summed E-state index contributed by atoms with van der Waals surface area (Å²) in [6, 6.07) is 14.4. The number of nitrogens with one attached hydrogen (secondary N) is 1. The molecule has 56 heavy (non-hydrogen) atoms. The van der Waals surface area contributed by atoms with Crippen molar-refractivity contribution < 1.29 is 31.9 Å². The first-order valence-corrected chi connectivity index (χ1v) is 22.2. The van der Waals surface area contributed by atoms with Crippen molar-refractivity contribution in [2.24, 2.45) is 11.8 Å². The van der Waals surface area contributed by atoms with Gasteiger partial charge in [0.15, 0.2) is 9.84 Å². The van der Waals surface area contributed by atoms with Crippen LogP contribution < -0.4 is 10.2 Å². The van der Waals surface area contributed by atoms with Crippen molar-refractivity contribution in [3.63, 3.8) is 0 Å². The van der Waals surface area contributed by atoms with Crippen LogP contribution in [-0.2, 0) is 29.5 Å². The molecule has 0 bridgehead atoms. The summed E-state index contributed by atoms with van der Waals surface area (Å²) in [6.45, 7) is 11.2. The predicted octanol–water partition coefficient (Wildman–Crippen LogP) is 5.25. The van der Waals surface area contributed by atoms with E-state index in [0.717, 1.165) is 95.5 Å². The Morgan fingerprint density at radius 3 is 2.32 bits per heavy atom. The summed E-state index contributed by atoms with van der Waals surface area (Å²) in [5.74, 6) is 0.0263. The van der Waals surface area contributed by atoms with E-state index in [4.69, 9.17) is 9.47 Å². The topological polar surface area (TPSA) is 112 Å². The molecule has 4 heterocycles. The smallest absolute Gasteiger partial charge is 0.407 e. The van der Waals surface area contributed by atoms with E-state index in [9.17, 15) is 18.0 Å². The molecule has 4 saturated heterocycles. The Bertz CT molecular complexity index is 1810. The van der Waals surface area contributed by atoms with E-state index in [2.05, 4.69) is 32.7 Å². The van der Waals surface area contributed by atoms with E-state index in [-0.39, 0.29) is 46.1 Å². The molecule has 0 aromatic heterocycles. The number of hydrogen-bond donors (Lipinski definition) is 1. The largest absolute Gasteiger partial charge is 0.453 e. The maximum Gasteiger partial charge on any atom is 0.407 e. The lowest BCUT2D eigenvalue weighted by atomic mass is 9.57. The number of rotatable bonds is 13. The van der Waals surface area contributed by atoms with Crippen LogP contribution in [0.2, 0.25) is 0 Å². The maximum absolute atomic E-state index is 15.1. The minimum atomic E-state index is -3.62. The number of nitrogens with zero attached hydrogens (tertiary/aromatic N) is 4. The Labute approximate surface area is 332 Å². The van der Waals surface area contributed by atoms with Gasteiger partial charge in [0.2, 0.25) is 5.91 Å². The van der Waals surface area contributed by atoms with Crippen LogP contribution in [0.3, 0.4) is 0 Å². The van der Waals surface area contributed by atoms with E-state index in [0.29, 0.717) is 32.0 Å². The molecule has 5 fully saturated rings. The molecule has 1 saturated carbocycles. The number of methoxy groups -OCH3 is 2. The Morgan fingerprint density at radius 1 is 0.929 bits per heavy atom. The van der Waals surface area contributed by atoms with Gasteiger partial charge in [-0.15, -0.1) is 0 Å². The zero-order chi connectivity index (χ0) is 39.5. The van der Waals surface area contributed by atoms with Crippen molar-refractivity contribution in [1.29, 1.82) is 0 Å². The fourth-order valence-corrected chi connectivity index (χ4v) is 12.4. The van der Waals surface area contributed by atoms with E-state index in [1.165, 1.54) is 25.7 Å². The minimum Gasteiger partial charge on any atom is -0.453 e. The van der Waals surface area contributed by atoms with Gasteiger partial charge in [0.25, 0.3) is 0 Å². The molecular formula is C43H60FN5O6S. The van der Waals surface area contributed by atoms with E-state index in [1.54, 1.807) is 30.2 Å². The zero-order valence-electron chi connectivity index (χ0n) is 33.2. The third kappa shape index (κ3) is 8.24.